The van der Waals surface area contributed by atoms with Crippen molar-refractivity contribution < 1.29 is 13.2 Å². The SMILES string of the molecule is C=CCn1c(SCC(=O)c2ccc(CCNS(C)(=O)=O)cc2)nc2cc(Cl)ccc2c1=O. The first kappa shape index (κ1) is 24.2. The van der Waals surface area contributed by atoms with E-state index in [-0.39, 0.29) is 23.6 Å². The molecular formula is C22H22ClN3O4S2. The number of Topliss-reactive ketones (excluding diaryl/α,β-unsaturated/α-hetero) is 1. The van der Waals surface area contributed by atoms with Crippen LogP contribution in [-0.4, -0.2) is 42.3 Å². The van der Waals surface area contributed by atoms with Crippen molar-refractivity contribution >= 4 is 50.1 Å². The summed E-state index contributed by atoms with van der Waals surface area (Å²) in [4.78, 5) is 30.1. The summed E-state index contributed by atoms with van der Waals surface area (Å²) in [5.41, 5.74) is 1.70. The third-order valence-electron chi connectivity index (χ3n) is 4.58. The van der Waals surface area contributed by atoms with Crippen LogP contribution < -0.4 is 10.3 Å². The molecule has 0 bridgehead atoms. The van der Waals surface area contributed by atoms with Crippen LogP contribution in [0.25, 0.3) is 10.9 Å². The number of fused-ring (bicyclic) bond motifs is 1. The molecule has 3 rings (SSSR count). The van der Waals surface area contributed by atoms with Crippen molar-refractivity contribution in [1.82, 2.24) is 14.3 Å². The average molecular weight is 492 g/mol. The van der Waals surface area contributed by atoms with Crippen LogP contribution in [0, 0.1) is 0 Å². The van der Waals surface area contributed by atoms with Gasteiger partial charge in [-0.3, -0.25) is 14.2 Å². The van der Waals surface area contributed by atoms with Gasteiger partial charge in [-0.1, -0.05) is 53.7 Å². The number of benzene rings is 2. The average Bonchev–Trinajstić information content (AvgIpc) is 2.73. The first-order chi connectivity index (χ1) is 15.2. The summed E-state index contributed by atoms with van der Waals surface area (Å²) in [5.74, 6) is -0.00799. The number of hydrogen-bond donors (Lipinski definition) is 1. The zero-order valence-electron chi connectivity index (χ0n) is 17.4. The highest BCUT2D eigenvalue weighted by molar-refractivity contribution is 7.99. The summed E-state index contributed by atoms with van der Waals surface area (Å²) in [5, 5.41) is 1.35. The molecule has 10 heteroatoms. The normalized spacial score (nSPS) is 11.6. The van der Waals surface area contributed by atoms with Crippen LogP contribution in [0.5, 0.6) is 0 Å². The Bertz CT molecular complexity index is 1320. The summed E-state index contributed by atoms with van der Waals surface area (Å²) in [6, 6.07) is 11.9. The molecule has 0 aliphatic carbocycles. The fourth-order valence-corrected chi connectivity index (χ4v) is 4.57. The van der Waals surface area contributed by atoms with E-state index >= 15 is 0 Å². The molecule has 0 saturated heterocycles. The lowest BCUT2D eigenvalue weighted by Gasteiger charge is -2.11. The summed E-state index contributed by atoms with van der Waals surface area (Å²) in [6.45, 7) is 4.26. The van der Waals surface area contributed by atoms with Gasteiger partial charge in [-0.05, 0) is 30.2 Å². The maximum Gasteiger partial charge on any atom is 0.262 e. The maximum atomic E-state index is 12.8. The summed E-state index contributed by atoms with van der Waals surface area (Å²) in [7, 11) is -3.23. The number of nitrogens with one attached hydrogen (secondary N) is 1. The molecule has 32 heavy (non-hydrogen) atoms. The fourth-order valence-electron chi connectivity index (χ4n) is 3.03. The minimum absolute atomic E-state index is 0.102. The van der Waals surface area contributed by atoms with Crippen molar-refractivity contribution in [2.24, 2.45) is 0 Å². The summed E-state index contributed by atoms with van der Waals surface area (Å²) < 4.78 is 26.2. The number of sulfonamides is 1. The molecular weight excluding hydrogens is 470 g/mol. The van der Waals surface area contributed by atoms with Crippen LogP contribution >= 0.6 is 23.4 Å². The van der Waals surface area contributed by atoms with E-state index in [2.05, 4.69) is 16.3 Å². The number of nitrogens with zero attached hydrogens (tertiary/aromatic N) is 2. The van der Waals surface area contributed by atoms with E-state index in [0.717, 1.165) is 11.8 Å². The van der Waals surface area contributed by atoms with Crippen LogP contribution in [0.3, 0.4) is 0 Å². The third-order valence-corrected chi connectivity index (χ3v) is 6.52. The number of halogens is 1. The van der Waals surface area contributed by atoms with Gasteiger partial charge in [-0.2, -0.15) is 0 Å². The lowest BCUT2D eigenvalue weighted by molar-refractivity contribution is 0.102. The quantitative estimate of drug-likeness (QED) is 0.202. The van der Waals surface area contributed by atoms with Crippen LogP contribution in [0.4, 0.5) is 0 Å². The Hall–Kier alpha value is -2.46. The van der Waals surface area contributed by atoms with E-state index < -0.39 is 10.0 Å². The van der Waals surface area contributed by atoms with E-state index in [1.165, 1.54) is 16.3 Å². The Morgan fingerprint density at radius 3 is 2.62 bits per heavy atom. The summed E-state index contributed by atoms with van der Waals surface area (Å²) in [6.07, 6.45) is 3.24. The predicted octanol–water partition coefficient (Wildman–Crippen LogP) is 3.30. The number of rotatable bonds is 10. The molecule has 0 radical (unpaired) electrons. The Balaban J connectivity index is 1.73. The Kier molecular flexibility index (Phi) is 7.89. The van der Waals surface area contributed by atoms with Gasteiger partial charge in [0.2, 0.25) is 10.0 Å². The van der Waals surface area contributed by atoms with Gasteiger partial charge in [0.1, 0.15) is 0 Å². The lowest BCUT2D eigenvalue weighted by Crippen LogP contribution is -2.24. The van der Waals surface area contributed by atoms with Crippen LogP contribution in [0.2, 0.25) is 5.02 Å². The van der Waals surface area contributed by atoms with E-state index in [1.54, 1.807) is 48.5 Å². The molecule has 0 fully saturated rings. The number of aromatic nitrogens is 2. The van der Waals surface area contributed by atoms with Crippen LogP contribution in [0.1, 0.15) is 15.9 Å². The molecule has 7 nitrogen and oxygen atoms in total. The minimum Gasteiger partial charge on any atom is -0.293 e. The van der Waals surface area contributed by atoms with Crippen molar-refractivity contribution in [3.05, 3.63) is 81.6 Å². The van der Waals surface area contributed by atoms with Gasteiger partial charge in [-0.25, -0.2) is 18.1 Å². The predicted molar refractivity (Wildman–Crippen MR) is 129 cm³/mol. The number of ketones is 1. The number of carbonyl (C=O) groups excluding carboxylic acids is 1. The van der Waals surface area contributed by atoms with Crippen LogP contribution in [-0.2, 0) is 23.0 Å². The molecule has 0 atom stereocenters. The van der Waals surface area contributed by atoms with E-state index in [0.29, 0.717) is 39.6 Å². The topological polar surface area (TPSA) is 98.1 Å². The molecule has 1 heterocycles. The van der Waals surface area contributed by atoms with Crippen molar-refractivity contribution in [2.45, 2.75) is 18.1 Å². The van der Waals surface area contributed by atoms with Gasteiger partial charge in [0.25, 0.3) is 5.56 Å². The highest BCUT2D eigenvalue weighted by atomic mass is 35.5. The Morgan fingerprint density at radius 2 is 1.97 bits per heavy atom. The highest BCUT2D eigenvalue weighted by Gasteiger charge is 2.14. The highest BCUT2D eigenvalue weighted by Crippen LogP contribution is 2.21. The first-order valence-corrected chi connectivity index (χ1v) is 12.9. The molecule has 0 aliphatic heterocycles. The monoisotopic (exact) mass is 491 g/mol. The lowest BCUT2D eigenvalue weighted by atomic mass is 10.1. The number of thioether (sulfide) groups is 1. The van der Waals surface area contributed by atoms with E-state index in [9.17, 15) is 18.0 Å². The second-order valence-electron chi connectivity index (χ2n) is 7.09. The van der Waals surface area contributed by atoms with E-state index in [4.69, 9.17) is 11.6 Å². The summed E-state index contributed by atoms with van der Waals surface area (Å²) >= 11 is 7.22. The molecule has 3 aromatic rings. The zero-order valence-corrected chi connectivity index (χ0v) is 19.8. The first-order valence-electron chi connectivity index (χ1n) is 9.68. The Labute approximate surface area is 195 Å². The van der Waals surface area contributed by atoms with Gasteiger partial charge in [0.05, 0.1) is 22.9 Å². The van der Waals surface area contributed by atoms with Gasteiger partial charge < -0.3 is 0 Å². The second kappa shape index (κ2) is 10.4. The Morgan fingerprint density at radius 1 is 1.25 bits per heavy atom. The zero-order chi connectivity index (χ0) is 23.3. The van der Waals surface area contributed by atoms with Gasteiger partial charge in [-0.15, -0.1) is 6.58 Å². The van der Waals surface area contributed by atoms with Gasteiger partial charge in [0, 0.05) is 23.7 Å². The molecule has 1 N–H and O–H groups in total. The number of hydrogen-bond acceptors (Lipinski definition) is 6. The molecule has 2 aromatic carbocycles. The van der Waals surface area contributed by atoms with Crippen molar-refractivity contribution in [2.75, 3.05) is 18.6 Å². The smallest absolute Gasteiger partial charge is 0.262 e. The van der Waals surface area contributed by atoms with E-state index in [1.807, 2.05) is 0 Å². The molecule has 0 spiro atoms. The maximum absolute atomic E-state index is 12.8. The molecule has 1 aromatic heterocycles. The number of allylic oxidation sites excluding steroid dienone is 1. The largest absolute Gasteiger partial charge is 0.293 e. The minimum atomic E-state index is -3.23. The standard InChI is InChI=1S/C22H22ClN3O4S2/c1-3-12-26-21(28)18-9-8-17(23)13-19(18)25-22(26)31-14-20(27)16-6-4-15(5-7-16)10-11-24-32(2,29)30/h3-9,13,24H,1,10-12,14H2,2H3. The van der Waals surface area contributed by atoms with Gasteiger partial charge in [0.15, 0.2) is 10.9 Å². The molecule has 168 valence electrons. The third kappa shape index (κ3) is 6.29. The van der Waals surface area contributed by atoms with Crippen molar-refractivity contribution in [1.29, 1.82) is 0 Å². The van der Waals surface area contributed by atoms with Gasteiger partial charge >= 0.3 is 0 Å². The van der Waals surface area contributed by atoms with Crippen LogP contribution in [0.15, 0.2) is 65.1 Å². The second-order valence-corrected chi connectivity index (χ2v) is 10.3. The van der Waals surface area contributed by atoms with Crippen molar-refractivity contribution in [3.8, 4) is 0 Å². The molecule has 0 aliphatic rings. The molecule has 0 saturated carbocycles. The van der Waals surface area contributed by atoms with Crippen molar-refractivity contribution in [3.63, 3.8) is 0 Å². The molecule has 0 unspecified atom stereocenters. The number of carbonyl (C=O) groups is 1. The molecule has 0 amide bonds. The fraction of sp³-hybridized carbons (Fsp3) is 0.227.